The van der Waals surface area contributed by atoms with Gasteiger partial charge in [-0.15, -0.1) is 0 Å². The maximum atomic E-state index is 12.5. The van der Waals surface area contributed by atoms with Crippen LogP contribution in [0.2, 0.25) is 0 Å². The van der Waals surface area contributed by atoms with E-state index in [2.05, 4.69) is 5.32 Å². The zero-order valence-corrected chi connectivity index (χ0v) is 15.0. The van der Waals surface area contributed by atoms with Crippen molar-refractivity contribution in [1.82, 2.24) is 5.32 Å². The van der Waals surface area contributed by atoms with Crippen LogP contribution in [0.1, 0.15) is 25.5 Å². The largest absolute Gasteiger partial charge is 0.497 e. The molecule has 26 heavy (non-hydrogen) atoms. The topological polar surface area (TPSA) is 84.9 Å². The smallest absolute Gasteiger partial charge is 0.308 e. The summed E-state index contributed by atoms with van der Waals surface area (Å²) >= 11 is 0. The molecule has 0 aliphatic rings. The van der Waals surface area contributed by atoms with E-state index in [1.807, 2.05) is 6.07 Å². The van der Waals surface area contributed by atoms with Crippen molar-refractivity contribution < 1.29 is 24.2 Å². The molecule has 0 aliphatic carbocycles. The number of ether oxygens (including phenoxy) is 2. The summed E-state index contributed by atoms with van der Waals surface area (Å²) in [7, 11) is 1.57. The lowest BCUT2D eigenvalue weighted by atomic mass is 9.94. The van der Waals surface area contributed by atoms with E-state index in [0.29, 0.717) is 11.5 Å². The van der Waals surface area contributed by atoms with E-state index in [1.54, 1.807) is 69.5 Å². The van der Waals surface area contributed by atoms with Crippen molar-refractivity contribution in [1.29, 1.82) is 0 Å². The number of carbonyl (C=O) groups is 2. The Labute approximate surface area is 152 Å². The molecule has 0 saturated carbocycles. The molecule has 2 N–H and O–H groups in total. The zero-order valence-electron chi connectivity index (χ0n) is 15.0. The molecule has 3 unspecified atom stereocenters. The molecule has 2 aromatic rings. The number of benzene rings is 2. The lowest BCUT2D eigenvalue weighted by Crippen LogP contribution is -2.42. The monoisotopic (exact) mass is 357 g/mol. The number of hydrogen-bond donors (Lipinski definition) is 2. The summed E-state index contributed by atoms with van der Waals surface area (Å²) in [6.45, 7) is 3.18. The first-order valence-corrected chi connectivity index (χ1v) is 8.31. The summed E-state index contributed by atoms with van der Waals surface area (Å²) in [5.41, 5.74) is 0.729. The van der Waals surface area contributed by atoms with Gasteiger partial charge in [-0.2, -0.15) is 0 Å². The van der Waals surface area contributed by atoms with Crippen molar-refractivity contribution in [3.8, 4) is 11.5 Å². The Kier molecular flexibility index (Phi) is 6.60. The fourth-order valence-electron chi connectivity index (χ4n) is 2.48. The van der Waals surface area contributed by atoms with E-state index in [9.17, 15) is 14.7 Å². The number of hydrogen-bond acceptors (Lipinski definition) is 4. The van der Waals surface area contributed by atoms with Gasteiger partial charge in [0.05, 0.1) is 19.1 Å². The van der Waals surface area contributed by atoms with E-state index in [1.165, 1.54) is 0 Å². The molecule has 0 aliphatic heterocycles. The normalized spacial score (nSPS) is 14.0. The van der Waals surface area contributed by atoms with Crippen LogP contribution >= 0.6 is 0 Å². The van der Waals surface area contributed by atoms with Crippen LogP contribution < -0.4 is 14.8 Å². The minimum atomic E-state index is -0.983. The summed E-state index contributed by atoms with van der Waals surface area (Å²) in [4.78, 5) is 23.9. The van der Waals surface area contributed by atoms with E-state index >= 15 is 0 Å². The van der Waals surface area contributed by atoms with Crippen LogP contribution in [0.4, 0.5) is 0 Å². The number of rotatable bonds is 8. The van der Waals surface area contributed by atoms with Gasteiger partial charge >= 0.3 is 5.97 Å². The molecule has 138 valence electrons. The Morgan fingerprint density at radius 2 is 1.54 bits per heavy atom. The quantitative estimate of drug-likeness (QED) is 0.758. The van der Waals surface area contributed by atoms with Gasteiger partial charge in [0.15, 0.2) is 6.10 Å². The Hall–Kier alpha value is -3.02. The second-order valence-corrected chi connectivity index (χ2v) is 5.96. The number of carboxylic acids is 1. The predicted molar refractivity (Wildman–Crippen MR) is 97.2 cm³/mol. The first-order valence-electron chi connectivity index (χ1n) is 8.31. The van der Waals surface area contributed by atoms with E-state index < -0.39 is 24.0 Å². The highest BCUT2D eigenvalue weighted by Gasteiger charge is 2.28. The summed E-state index contributed by atoms with van der Waals surface area (Å²) in [6, 6.07) is 15.3. The number of nitrogens with one attached hydrogen (secondary N) is 1. The Balaban J connectivity index is 2.08. The van der Waals surface area contributed by atoms with Gasteiger partial charge in [0.2, 0.25) is 0 Å². The summed E-state index contributed by atoms with van der Waals surface area (Å²) < 4.78 is 10.7. The SMILES string of the molecule is COc1ccc(OC(C)C(=O)NC(c2ccccc2)C(C)C(=O)O)cc1. The second kappa shape index (κ2) is 8.89. The first-order chi connectivity index (χ1) is 12.4. The highest BCUT2D eigenvalue weighted by molar-refractivity contribution is 5.82. The van der Waals surface area contributed by atoms with Crippen LogP contribution in [-0.4, -0.2) is 30.2 Å². The average molecular weight is 357 g/mol. The van der Waals surface area contributed by atoms with Gasteiger partial charge < -0.3 is 19.9 Å². The molecule has 0 radical (unpaired) electrons. The van der Waals surface area contributed by atoms with Gasteiger partial charge in [-0.1, -0.05) is 30.3 Å². The maximum Gasteiger partial charge on any atom is 0.308 e. The van der Waals surface area contributed by atoms with Gasteiger partial charge in [0, 0.05) is 0 Å². The standard InChI is InChI=1S/C20H23NO5/c1-13(20(23)24)18(15-7-5-4-6-8-15)21-19(22)14(2)26-17-11-9-16(25-3)10-12-17/h4-14,18H,1-3H3,(H,21,22)(H,23,24). The Morgan fingerprint density at radius 1 is 0.962 bits per heavy atom. The van der Waals surface area contributed by atoms with Crippen molar-refractivity contribution in [2.24, 2.45) is 5.92 Å². The molecular weight excluding hydrogens is 334 g/mol. The fourth-order valence-corrected chi connectivity index (χ4v) is 2.48. The van der Waals surface area contributed by atoms with E-state index in [4.69, 9.17) is 9.47 Å². The van der Waals surface area contributed by atoms with Crippen molar-refractivity contribution >= 4 is 11.9 Å². The molecule has 6 nitrogen and oxygen atoms in total. The number of carboxylic acid groups (broad SMARTS) is 1. The average Bonchev–Trinajstić information content (AvgIpc) is 2.66. The van der Waals surface area contributed by atoms with Crippen LogP contribution in [0.5, 0.6) is 11.5 Å². The fraction of sp³-hybridized carbons (Fsp3) is 0.300. The molecule has 0 fully saturated rings. The van der Waals surface area contributed by atoms with Crippen LogP contribution in [0, 0.1) is 5.92 Å². The second-order valence-electron chi connectivity index (χ2n) is 5.96. The summed E-state index contributed by atoms with van der Waals surface area (Å²) in [5.74, 6) is -0.940. The van der Waals surface area contributed by atoms with Gasteiger partial charge in [-0.05, 0) is 43.7 Å². The molecule has 6 heteroatoms. The lowest BCUT2D eigenvalue weighted by Gasteiger charge is -2.25. The van der Waals surface area contributed by atoms with Crippen molar-refractivity contribution in [3.05, 3.63) is 60.2 Å². The Bertz CT molecular complexity index is 730. The first kappa shape index (κ1) is 19.3. The molecule has 0 heterocycles. The minimum Gasteiger partial charge on any atom is -0.497 e. The molecule has 2 aromatic carbocycles. The summed E-state index contributed by atoms with van der Waals surface area (Å²) in [6.07, 6.45) is -0.782. The Morgan fingerprint density at radius 3 is 2.08 bits per heavy atom. The van der Waals surface area contributed by atoms with Gasteiger partial charge in [0.25, 0.3) is 5.91 Å². The zero-order chi connectivity index (χ0) is 19.1. The molecule has 0 spiro atoms. The third-order valence-corrected chi connectivity index (χ3v) is 4.09. The molecule has 0 bridgehead atoms. The van der Waals surface area contributed by atoms with Gasteiger partial charge in [-0.3, -0.25) is 9.59 Å². The highest BCUT2D eigenvalue weighted by Crippen LogP contribution is 2.23. The highest BCUT2D eigenvalue weighted by atomic mass is 16.5. The summed E-state index contributed by atoms with van der Waals surface area (Å²) in [5, 5.41) is 12.1. The van der Waals surface area contributed by atoms with Crippen molar-refractivity contribution in [3.63, 3.8) is 0 Å². The number of amides is 1. The number of aliphatic carboxylic acids is 1. The molecule has 2 rings (SSSR count). The molecule has 3 atom stereocenters. The van der Waals surface area contributed by atoms with E-state index in [0.717, 1.165) is 5.56 Å². The van der Waals surface area contributed by atoms with Crippen molar-refractivity contribution in [2.45, 2.75) is 26.0 Å². The third kappa shape index (κ3) is 4.99. The minimum absolute atomic E-state index is 0.386. The number of methoxy groups -OCH3 is 1. The lowest BCUT2D eigenvalue weighted by molar-refractivity contribution is -0.142. The molecular formula is C20H23NO5. The third-order valence-electron chi connectivity index (χ3n) is 4.09. The maximum absolute atomic E-state index is 12.5. The predicted octanol–water partition coefficient (Wildman–Crippen LogP) is 3.04. The van der Waals surface area contributed by atoms with Gasteiger partial charge in [0.1, 0.15) is 11.5 Å². The number of carbonyl (C=O) groups excluding carboxylic acids is 1. The van der Waals surface area contributed by atoms with Crippen LogP contribution in [-0.2, 0) is 9.59 Å². The van der Waals surface area contributed by atoms with Crippen molar-refractivity contribution in [2.75, 3.05) is 7.11 Å². The molecule has 0 aromatic heterocycles. The van der Waals surface area contributed by atoms with Crippen LogP contribution in [0.3, 0.4) is 0 Å². The van der Waals surface area contributed by atoms with E-state index in [-0.39, 0.29) is 5.91 Å². The van der Waals surface area contributed by atoms with Crippen LogP contribution in [0.15, 0.2) is 54.6 Å². The molecule has 0 saturated heterocycles. The molecule has 1 amide bonds. The van der Waals surface area contributed by atoms with Gasteiger partial charge in [-0.25, -0.2) is 0 Å². The van der Waals surface area contributed by atoms with Crippen LogP contribution in [0.25, 0.3) is 0 Å².